The van der Waals surface area contributed by atoms with Crippen LogP contribution in [-0.2, 0) is 14.4 Å². The maximum Gasteiger partial charge on any atom is 0.254 e. The number of likely N-dealkylation sites (N-methyl/N-ethyl adjacent to an activating group) is 1. The van der Waals surface area contributed by atoms with Gasteiger partial charge in [-0.3, -0.25) is 33.5 Å². The van der Waals surface area contributed by atoms with Crippen molar-refractivity contribution in [1.29, 1.82) is 0 Å². The van der Waals surface area contributed by atoms with Gasteiger partial charge in [-0.15, -0.1) is 11.3 Å². The third-order valence-electron chi connectivity index (χ3n) is 16.7. The van der Waals surface area contributed by atoms with E-state index in [0.717, 1.165) is 138 Å². The lowest BCUT2D eigenvalue weighted by molar-refractivity contribution is -0.139. The lowest BCUT2D eigenvalue weighted by Gasteiger charge is -2.35. The number of fused-ring (bicyclic) bond motifs is 1. The van der Waals surface area contributed by atoms with Crippen molar-refractivity contribution in [3.8, 4) is 17.0 Å². The molecule has 4 N–H and O–H groups in total. The molecule has 2 saturated carbocycles. The molecule has 2 aliphatic carbocycles. The van der Waals surface area contributed by atoms with Crippen LogP contribution in [0.1, 0.15) is 178 Å². The Morgan fingerprint density at radius 3 is 2.30 bits per heavy atom. The summed E-state index contributed by atoms with van der Waals surface area (Å²) in [4.78, 5) is 87.2. The zero-order valence-electron chi connectivity index (χ0n) is 46.8. The number of halogens is 1. The van der Waals surface area contributed by atoms with E-state index in [1.54, 1.807) is 67.1 Å². The van der Waals surface area contributed by atoms with Gasteiger partial charge in [0.15, 0.2) is 11.5 Å². The molecule has 10 rings (SSSR count). The van der Waals surface area contributed by atoms with Crippen molar-refractivity contribution in [1.82, 2.24) is 54.9 Å². The number of unbranched alkanes of at least 4 members (excludes halogenated alkanes) is 8. The van der Waals surface area contributed by atoms with Crippen molar-refractivity contribution < 1.29 is 33.1 Å². The highest BCUT2D eigenvalue weighted by molar-refractivity contribution is 7.10. The van der Waals surface area contributed by atoms with E-state index in [1.807, 2.05) is 32.5 Å². The molecule has 3 atom stereocenters. The summed E-state index contributed by atoms with van der Waals surface area (Å²) >= 11 is 1.41. The number of hydrogen-bond donors (Lipinski definition) is 4. The minimum Gasteiger partial charge on any atom is -0.494 e. The second kappa shape index (κ2) is 27.1. The second-order valence-electron chi connectivity index (χ2n) is 22.4. The largest absolute Gasteiger partial charge is 0.494 e. The number of carbonyl (C=O) groups is 5. The minimum absolute atomic E-state index is 0.0491. The number of H-pyrrole nitrogens is 1. The van der Waals surface area contributed by atoms with Gasteiger partial charge in [0.1, 0.15) is 28.3 Å². The van der Waals surface area contributed by atoms with E-state index in [2.05, 4.69) is 31.1 Å². The van der Waals surface area contributed by atoms with Crippen molar-refractivity contribution >= 4 is 57.9 Å². The molecular formula is C61H77FN12O6S. The van der Waals surface area contributed by atoms with Gasteiger partial charge in [-0.2, -0.15) is 5.10 Å². The van der Waals surface area contributed by atoms with Gasteiger partial charge in [-0.05, 0) is 102 Å². The number of carbonyl (C=O) groups excluding carboxylic acids is 5. The second-order valence-corrected chi connectivity index (χ2v) is 23.3. The summed E-state index contributed by atoms with van der Waals surface area (Å²) < 4.78 is 23.7. The lowest BCUT2D eigenvalue weighted by atomic mass is 9.83. The molecule has 2 aliphatic heterocycles. The SMILES string of the molecule is CN[C@@H](C)C(=O)NC(C(=O)N1CCC[C@H]1c1nc(C(=O)c2cccc(OCCCCCCCCCCCC(=O)N3CCN(C(=O)c4ccc(Nc5nc(C6CC6)cn6c(-c7cn[nH]c7)cnc56)c(F)c4)CC3)c2)cs1)C1CCCCC1. The lowest BCUT2D eigenvalue weighted by Crippen LogP contribution is -2.55. The van der Waals surface area contributed by atoms with Crippen molar-refractivity contribution in [2.24, 2.45) is 5.92 Å². The number of benzene rings is 2. The van der Waals surface area contributed by atoms with Gasteiger partial charge in [0.2, 0.25) is 23.5 Å². The van der Waals surface area contributed by atoms with Crippen molar-refractivity contribution in [3.05, 3.63) is 106 Å². The number of aromatic amines is 1. The molecule has 4 aliphatic rings. The van der Waals surface area contributed by atoms with Crippen LogP contribution in [0, 0.1) is 11.7 Å². The maximum absolute atomic E-state index is 15.7. The average molecular weight is 1130 g/mol. The molecule has 4 amide bonds. The molecule has 1 unspecified atom stereocenters. The summed E-state index contributed by atoms with van der Waals surface area (Å²) in [5.41, 5.74) is 4.51. The molecule has 0 radical (unpaired) electrons. The number of thiazole rings is 1. The number of amides is 4. The van der Waals surface area contributed by atoms with Crippen LogP contribution in [0.25, 0.3) is 16.9 Å². The fourth-order valence-corrected chi connectivity index (χ4v) is 12.5. The van der Waals surface area contributed by atoms with E-state index in [1.165, 1.54) is 17.4 Å². The van der Waals surface area contributed by atoms with Crippen molar-refractivity contribution in [2.45, 2.75) is 153 Å². The van der Waals surface area contributed by atoms with Gasteiger partial charge in [-0.1, -0.05) is 76.3 Å². The first-order valence-electron chi connectivity index (χ1n) is 29.5. The molecule has 81 heavy (non-hydrogen) atoms. The number of imidazole rings is 1. The Bertz CT molecular complexity index is 3130. The molecule has 18 nitrogen and oxygen atoms in total. The van der Waals surface area contributed by atoms with Crippen LogP contribution in [0.15, 0.2) is 72.6 Å². The number of ketones is 1. The molecule has 0 spiro atoms. The van der Waals surface area contributed by atoms with Crippen LogP contribution >= 0.6 is 11.3 Å². The summed E-state index contributed by atoms with van der Waals surface area (Å²) in [7, 11) is 1.74. The van der Waals surface area contributed by atoms with Crippen LogP contribution in [0.3, 0.4) is 0 Å². The maximum atomic E-state index is 15.7. The smallest absolute Gasteiger partial charge is 0.254 e. The summed E-state index contributed by atoms with van der Waals surface area (Å²) in [6.07, 6.45) is 26.0. The van der Waals surface area contributed by atoms with E-state index >= 15 is 4.39 Å². The number of hydrogen-bond acceptors (Lipinski definition) is 13. The van der Waals surface area contributed by atoms with Crippen LogP contribution in [-0.4, -0.2) is 132 Å². The molecule has 4 aromatic heterocycles. The van der Waals surface area contributed by atoms with E-state index in [-0.39, 0.29) is 52.6 Å². The number of piperazine rings is 1. The molecule has 6 heterocycles. The van der Waals surface area contributed by atoms with E-state index in [4.69, 9.17) is 14.7 Å². The predicted molar refractivity (Wildman–Crippen MR) is 309 cm³/mol. The summed E-state index contributed by atoms with van der Waals surface area (Å²) in [6, 6.07) is 10.5. The molecule has 430 valence electrons. The van der Waals surface area contributed by atoms with E-state index in [9.17, 15) is 24.0 Å². The van der Waals surface area contributed by atoms with Gasteiger partial charge < -0.3 is 35.4 Å². The zero-order valence-corrected chi connectivity index (χ0v) is 47.6. The number of anilines is 2. The topological polar surface area (TPSA) is 212 Å². The first kappa shape index (κ1) is 57.2. The number of nitrogens with zero attached hydrogens (tertiary/aromatic N) is 8. The van der Waals surface area contributed by atoms with Crippen LogP contribution in [0.4, 0.5) is 15.9 Å². The Balaban J connectivity index is 0.584. The van der Waals surface area contributed by atoms with Crippen LogP contribution in [0.5, 0.6) is 5.75 Å². The summed E-state index contributed by atoms with van der Waals surface area (Å²) in [6.45, 7) is 4.66. The first-order chi connectivity index (χ1) is 39.5. The molecule has 4 fully saturated rings. The highest BCUT2D eigenvalue weighted by Crippen LogP contribution is 2.41. The number of nitrogens with one attached hydrogen (secondary N) is 4. The Morgan fingerprint density at radius 1 is 0.815 bits per heavy atom. The third kappa shape index (κ3) is 14.2. The monoisotopic (exact) mass is 1120 g/mol. The highest BCUT2D eigenvalue weighted by Gasteiger charge is 2.40. The zero-order chi connectivity index (χ0) is 56.2. The molecule has 0 bridgehead atoms. The molecule has 6 aromatic rings. The van der Waals surface area contributed by atoms with Gasteiger partial charge in [0.05, 0.1) is 48.2 Å². The quantitative estimate of drug-likeness (QED) is 0.0295. The van der Waals surface area contributed by atoms with Crippen LogP contribution in [0.2, 0.25) is 0 Å². The Kier molecular flexibility index (Phi) is 19.2. The van der Waals surface area contributed by atoms with Gasteiger partial charge in [0, 0.05) is 79.5 Å². The Labute approximate surface area is 477 Å². The normalized spacial score (nSPS) is 17.6. The summed E-state index contributed by atoms with van der Waals surface area (Å²) in [5, 5.41) is 18.7. The molecule has 2 saturated heterocycles. The predicted octanol–water partition coefficient (Wildman–Crippen LogP) is 10.2. The molecular weight excluding hydrogens is 1050 g/mol. The van der Waals surface area contributed by atoms with E-state index in [0.29, 0.717) is 80.1 Å². The van der Waals surface area contributed by atoms with Gasteiger partial charge >= 0.3 is 0 Å². The van der Waals surface area contributed by atoms with Crippen molar-refractivity contribution in [2.75, 3.05) is 51.7 Å². The van der Waals surface area contributed by atoms with E-state index < -0.39 is 17.9 Å². The highest BCUT2D eigenvalue weighted by atomic mass is 32.1. The minimum atomic E-state index is -0.575. The number of rotatable bonds is 26. The summed E-state index contributed by atoms with van der Waals surface area (Å²) in [5.74, 6) is 0.423. The molecule has 20 heteroatoms. The standard InChI is InChI=1S/C61H77FN12O6S/c1-40(63-2)58(77)70-54(42-17-11-10-12-18-42)61(79)73-27-16-21-51(73)59-69-50(39-81-59)55(76)43-19-15-20-46(33-43)80-32-14-9-7-5-3-4-6-8-13-22-53(75)71-28-30-72(31-29-71)60(78)44-25-26-48(47(62)34-44)67-56-57-64-37-52(45-35-65-66-36-45)74(57)38-49(68-56)41-23-24-41/h15,19-20,25-26,33-42,51,54,63H,3-14,16-18,21-24,27-32H2,1-2H3,(H,65,66)(H,67,68)(H,70,77)/t40-,51-,54?/m0/s1. The number of ether oxygens (including phenoxy) is 1. The fourth-order valence-electron chi connectivity index (χ4n) is 11.6. The average Bonchev–Trinajstić information content (AvgIpc) is 4.18. The van der Waals surface area contributed by atoms with Gasteiger partial charge in [0.25, 0.3) is 5.91 Å². The first-order valence-corrected chi connectivity index (χ1v) is 30.4. The fraction of sp³-hybridized carbons (Fsp3) is 0.525. The van der Waals surface area contributed by atoms with Gasteiger partial charge in [-0.25, -0.2) is 19.3 Å². The number of aromatic nitrogens is 6. The van der Waals surface area contributed by atoms with Crippen LogP contribution < -0.4 is 20.7 Å². The Hall–Kier alpha value is -7.06. The molecule has 2 aromatic carbocycles. The third-order valence-corrected chi connectivity index (χ3v) is 17.6. The Morgan fingerprint density at radius 2 is 1.57 bits per heavy atom. The number of likely N-dealkylation sites (tertiary alicyclic amines) is 1. The van der Waals surface area contributed by atoms with Crippen molar-refractivity contribution in [3.63, 3.8) is 0 Å².